The Hall–Kier alpha value is -1.21. The molecule has 0 saturated heterocycles. The van der Waals surface area contributed by atoms with E-state index >= 15 is 0 Å². The van der Waals surface area contributed by atoms with Gasteiger partial charge in [-0.1, -0.05) is 6.92 Å². The molecular formula is C12H19N3O3S. The number of hydrogen-bond acceptors (Lipinski definition) is 4. The smallest absolute Gasteiger partial charge is 0.267 e. The summed E-state index contributed by atoms with van der Waals surface area (Å²) in [5.74, 6) is 0.111. The lowest BCUT2D eigenvalue weighted by Gasteiger charge is -2.08. The molecule has 2 rings (SSSR count). The third-order valence-corrected chi connectivity index (χ3v) is 4.73. The van der Waals surface area contributed by atoms with E-state index in [0.29, 0.717) is 6.42 Å². The SMILES string of the molecule is CCCS(=O)(=O)NCCn1nc2c(cc1=O)CCC2. The van der Waals surface area contributed by atoms with Gasteiger partial charge in [0.25, 0.3) is 5.56 Å². The Bertz CT molecular complexity index is 607. The van der Waals surface area contributed by atoms with E-state index in [-0.39, 0.29) is 24.4 Å². The molecule has 0 spiro atoms. The lowest BCUT2D eigenvalue weighted by molar-refractivity contribution is 0.541. The van der Waals surface area contributed by atoms with Crippen molar-refractivity contribution in [2.45, 2.75) is 39.2 Å². The Labute approximate surface area is 112 Å². The van der Waals surface area contributed by atoms with E-state index in [0.717, 1.165) is 30.5 Å². The molecule has 0 unspecified atom stereocenters. The number of aryl methyl sites for hydroxylation is 2. The van der Waals surface area contributed by atoms with Crippen LogP contribution in [0.4, 0.5) is 0 Å². The molecule has 1 heterocycles. The fraction of sp³-hybridized carbons (Fsp3) is 0.667. The van der Waals surface area contributed by atoms with Crippen LogP contribution in [-0.2, 0) is 29.4 Å². The van der Waals surface area contributed by atoms with E-state index in [4.69, 9.17) is 0 Å². The Balaban J connectivity index is 1.99. The molecule has 1 aliphatic rings. The van der Waals surface area contributed by atoms with Gasteiger partial charge in [0.15, 0.2) is 0 Å². The zero-order valence-electron chi connectivity index (χ0n) is 11.1. The van der Waals surface area contributed by atoms with Crippen molar-refractivity contribution in [2.75, 3.05) is 12.3 Å². The monoisotopic (exact) mass is 285 g/mol. The normalized spacial score (nSPS) is 14.6. The van der Waals surface area contributed by atoms with E-state index < -0.39 is 10.0 Å². The summed E-state index contributed by atoms with van der Waals surface area (Å²) in [7, 11) is -3.22. The van der Waals surface area contributed by atoms with Crippen LogP contribution in [0.15, 0.2) is 10.9 Å². The topological polar surface area (TPSA) is 81.1 Å². The highest BCUT2D eigenvalue weighted by molar-refractivity contribution is 7.89. The van der Waals surface area contributed by atoms with Gasteiger partial charge in [-0.25, -0.2) is 17.8 Å². The van der Waals surface area contributed by atoms with Crippen LogP contribution in [0.5, 0.6) is 0 Å². The first-order valence-electron chi connectivity index (χ1n) is 6.59. The maximum absolute atomic E-state index is 11.8. The first kappa shape index (κ1) is 14.2. The highest BCUT2D eigenvalue weighted by Gasteiger charge is 2.15. The summed E-state index contributed by atoms with van der Waals surface area (Å²) < 4.78 is 26.8. The van der Waals surface area contributed by atoms with Crippen molar-refractivity contribution in [3.8, 4) is 0 Å². The first-order chi connectivity index (χ1) is 9.02. The summed E-state index contributed by atoms with van der Waals surface area (Å²) in [6, 6.07) is 1.62. The second-order valence-corrected chi connectivity index (χ2v) is 6.67. The van der Waals surface area contributed by atoms with Crippen molar-refractivity contribution in [1.82, 2.24) is 14.5 Å². The molecule has 1 aromatic rings. The molecule has 0 aliphatic heterocycles. The van der Waals surface area contributed by atoms with Crippen LogP contribution in [0.25, 0.3) is 0 Å². The molecule has 0 bridgehead atoms. The maximum atomic E-state index is 11.8. The van der Waals surface area contributed by atoms with Crippen molar-refractivity contribution in [1.29, 1.82) is 0 Å². The summed E-state index contributed by atoms with van der Waals surface area (Å²) in [4.78, 5) is 11.8. The minimum absolute atomic E-state index is 0.111. The number of nitrogens with zero attached hydrogens (tertiary/aromatic N) is 2. The summed E-state index contributed by atoms with van der Waals surface area (Å²) in [6.45, 7) is 2.29. The van der Waals surface area contributed by atoms with Gasteiger partial charge in [0.1, 0.15) is 0 Å². The van der Waals surface area contributed by atoms with Crippen molar-refractivity contribution in [2.24, 2.45) is 0 Å². The van der Waals surface area contributed by atoms with Gasteiger partial charge < -0.3 is 0 Å². The summed E-state index contributed by atoms with van der Waals surface area (Å²) in [6.07, 6.45) is 3.43. The highest BCUT2D eigenvalue weighted by atomic mass is 32.2. The number of aromatic nitrogens is 2. The molecule has 106 valence electrons. The lowest BCUT2D eigenvalue weighted by Crippen LogP contribution is -2.33. The molecule has 6 nitrogen and oxygen atoms in total. The predicted molar refractivity (Wildman–Crippen MR) is 72.6 cm³/mol. The lowest BCUT2D eigenvalue weighted by atomic mass is 10.2. The van der Waals surface area contributed by atoms with Crippen LogP contribution < -0.4 is 10.3 Å². The molecule has 0 radical (unpaired) electrons. The molecule has 0 atom stereocenters. The second kappa shape index (κ2) is 5.83. The van der Waals surface area contributed by atoms with Crippen molar-refractivity contribution >= 4 is 10.0 Å². The molecular weight excluding hydrogens is 266 g/mol. The van der Waals surface area contributed by atoms with Gasteiger partial charge in [-0.3, -0.25) is 4.79 Å². The standard InChI is InChI=1S/C12H19N3O3S/c1-2-8-19(17,18)13-6-7-15-12(16)9-10-4-3-5-11(10)14-15/h9,13H,2-8H2,1H3. The molecule has 1 N–H and O–H groups in total. The number of fused-ring (bicyclic) bond motifs is 1. The Morgan fingerprint density at radius 3 is 2.95 bits per heavy atom. The number of hydrogen-bond donors (Lipinski definition) is 1. The van der Waals surface area contributed by atoms with E-state index in [2.05, 4.69) is 9.82 Å². The number of nitrogens with one attached hydrogen (secondary N) is 1. The Morgan fingerprint density at radius 2 is 2.21 bits per heavy atom. The number of sulfonamides is 1. The van der Waals surface area contributed by atoms with Gasteiger partial charge in [0, 0.05) is 12.6 Å². The van der Waals surface area contributed by atoms with Gasteiger partial charge in [-0.05, 0) is 31.2 Å². The average Bonchev–Trinajstić information content (AvgIpc) is 2.76. The predicted octanol–water partition coefficient (Wildman–Crippen LogP) is 0.0614. The van der Waals surface area contributed by atoms with Gasteiger partial charge >= 0.3 is 0 Å². The molecule has 1 aromatic heterocycles. The molecule has 1 aliphatic carbocycles. The molecule has 19 heavy (non-hydrogen) atoms. The van der Waals surface area contributed by atoms with E-state index in [1.54, 1.807) is 6.07 Å². The van der Waals surface area contributed by atoms with Crippen molar-refractivity contribution < 1.29 is 8.42 Å². The Kier molecular flexibility index (Phi) is 4.36. The van der Waals surface area contributed by atoms with Crippen LogP contribution in [0.2, 0.25) is 0 Å². The summed E-state index contributed by atoms with van der Waals surface area (Å²) in [5, 5.41) is 4.29. The molecule has 0 amide bonds. The molecule has 0 fully saturated rings. The van der Waals surface area contributed by atoms with Crippen LogP contribution in [0.3, 0.4) is 0 Å². The van der Waals surface area contributed by atoms with E-state index in [1.165, 1.54) is 4.68 Å². The maximum Gasteiger partial charge on any atom is 0.267 e. The third-order valence-electron chi connectivity index (χ3n) is 3.14. The van der Waals surface area contributed by atoms with Gasteiger partial charge in [0.05, 0.1) is 18.0 Å². The molecule has 7 heteroatoms. The average molecular weight is 285 g/mol. The quantitative estimate of drug-likeness (QED) is 0.801. The zero-order valence-corrected chi connectivity index (χ0v) is 11.9. The van der Waals surface area contributed by atoms with Gasteiger partial charge in [-0.2, -0.15) is 5.10 Å². The van der Waals surface area contributed by atoms with E-state index in [1.807, 2.05) is 6.92 Å². The van der Waals surface area contributed by atoms with Crippen LogP contribution >= 0.6 is 0 Å². The van der Waals surface area contributed by atoms with Crippen molar-refractivity contribution in [3.05, 3.63) is 27.7 Å². The second-order valence-electron chi connectivity index (χ2n) is 4.74. The third kappa shape index (κ3) is 3.63. The summed E-state index contributed by atoms with van der Waals surface area (Å²) >= 11 is 0. The van der Waals surface area contributed by atoms with Crippen LogP contribution in [-0.4, -0.2) is 30.5 Å². The fourth-order valence-corrected chi connectivity index (χ4v) is 3.33. The van der Waals surface area contributed by atoms with Crippen molar-refractivity contribution in [3.63, 3.8) is 0 Å². The van der Waals surface area contributed by atoms with Crippen LogP contribution in [0.1, 0.15) is 31.0 Å². The van der Waals surface area contributed by atoms with E-state index in [9.17, 15) is 13.2 Å². The molecule has 0 saturated carbocycles. The Morgan fingerprint density at radius 1 is 1.42 bits per heavy atom. The fourth-order valence-electron chi connectivity index (χ4n) is 2.25. The minimum atomic E-state index is -3.22. The van der Waals surface area contributed by atoms with Crippen LogP contribution in [0, 0.1) is 0 Å². The van der Waals surface area contributed by atoms with Gasteiger partial charge in [-0.15, -0.1) is 0 Å². The highest BCUT2D eigenvalue weighted by Crippen LogP contribution is 2.16. The van der Waals surface area contributed by atoms with Gasteiger partial charge in [0.2, 0.25) is 10.0 Å². The zero-order chi connectivity index (χ0) is 13.9. The number of rotatable bonds is 6. The minimum Gasteiger partial charge on any atom is -0.268 e. The largest absolute Gasteiger partial charge is 0.268 e. The summed E-state index contributed by atoms with van der Waals surface area (Å²) in [5.41, 5.74) is 1.85. The first-order valence-corrected chi connectivity index (χ1v) is 8.24. The molecule has 0 aromatic carbocycles.